The first-order valence-corrected chi connectivity index (χ1v) is 11.6. The Morgan fingerprint density at radius 2 is 1.87 bits per heavy atom. The fourth-order valence-electron chi connectivity index (χ4n) is 4.00. The van der Waals surface area contributed by atoms with Crippen LogP contribution in [0.1, 0.15) is 56.6 Å². The minimum Gasteiger partial charge on any atom is -0.494 e. The van der Waals surface area contributed by atoms with Crippen LogP contribution in [0.3, 0.4) is 0 Å². The molecule has 2 N–H and O–H groups in total. The number of aliphatic hydroxyl groups is 1. The largest absolute Gasteiger partial charge is 0.494 e. The highest BCUT2D eigenvalue weighted by Crippen LogP contribution is 2.25. The molecule has 0 saturated heterocycles. The van der Waals surface area contributed by atoms with E-state index < -0.39 is 6.10 Å². The molecule has 2 aromatic rings. The van der Waals surface area contributed by atoms with Gasteiger partial charge in [0, 0.05) is 12.6 Å². The van der Waals surface area contributed by atoms with Crippen LogP contribution in [-0.4, -0.2) is 37.0 Å². The van der Waals surface area contributed by atoms with Gasteiger partial charge in [-0.15, -0.1) is 0 Å². The molecule has 0 saturated carbocycles. The van der Waals surface area contributed by atoms with Gasteiger partial charge in [-0.3, -0.25) is 0 Å². The second-order valence-corrected chi connectivity index (χ2v) is 8.32. The summed E-state index contributed by atoms with van der Waals surface area (Å²) in [5.74, 6) is 1.78. The van der Waals surface area contributed by atoms with E-state index in [4.69, 9.17) is 9.47 Å². The van der Waals surface area contributed by atoms with Crippen molar-refractivity contribution in [3.63, 3.8) is 0 Å². The Morgan fingerprint density at radius 3 is 2.70 bits per heavy atom. The van der Waals surface area contributed by atoms with E-state index in [2.05, 4.69) is 30.4 Å². The highest BCUT2D eigenvalue weighted by molar-refractivity contribution is 5.37. The molecule has 0 amide bonds. The van der Waals surface area contributed by atoms with Crippen LogP contribution < -0.4 is 14.8 Å². The Hall–Kier alpha value is -2.04. The van der Waals surface area contributed by atoms with Gasteiger partial charge >= 0.3 is 0 Å². The standard InChI is InChI=1S/C26H37NO3/c1-2-3-4-8-16-29-26-15-14-21-10-9-11-23(17-22(21)18-26)27-19-24(28)20-30-25-12-6-5-7-13-25/h5-7,12-15,18,23-24,27-28H,2-4,8-11,16-17,19-20H2,1H3/t23?,24-/m0/s1. The number of para-hydroxylation sites is 1. The van der Waals surface area contributed by atoms with Gasteiger partial charge in [-0.1, -0.05) is 50.5 Å². The van der Waals surface area contributed by atoms with E-state index in [1.54, 1.807) is 0 Å². The van der Waals surface area contributed by atoms with Crippen LogP contribution >= 0.6 is 0 Å². The molecule has 0 aromatic heterocycles. The average molecular weight is 412 g/mol. The maximum absolute atomic E-state index is 10.3. The number of nitrogens with one attached hydrogen (secondary N) is 1. The van der Waals surface area contributed by atoms with E-state index >= 15 is 0 Å². The van der Waals surface area contributed by atoms with E-state index in [0.717, 1.165) is 43.8 Å². The number of rotatable bonds is 12. The van der Waals surface area contributed by atoms with Gasteiger partial charge in [0.15, 0.2) is 0 Å². The maximum Gasteiger partial charge on any atom is 0.119 e. The fraction of sp³-hybridized carbons (Fsp3) is 0.538. The molecule has 1 aliphatic carbocycles. The Bertz CT molecular complexity index is 734. The summed E-state index contributed by atoms with van der Waals surface area (Å²) in [4.78, 5) is 0. The Kier molecular flexibility index (Phi) is 9.52. The molecule has 0 spiro atoms. The second kappa shape index (κ2) is 12.6. The molecule has 0 radical (unpaired) electrons. The van der Waals surface area contributed by atoms with Crippen molar-refractivity contribution in [1.29, 1.82) is 0 Å². The van der Waals surface area contributed by atoms with Gasteiger partial charge < -0.3 is 19.9 Å². The fourth-order valence-corrected chi connectivity index (χ4v) is 4.00. The van der Waals surface area contributed by atoms with Gasteiger partial charge in [0.2, 0.25) is 0 Å². The van der Waals surface area contributed by atoms with Crippen LogP contribution in [-0.2, 0) is 12.8 Å². The number of aryl methyl sites for hydroxylation is 1. The van der Waals surface area contributed by atoms with Gasteiger partial charge in [0.25, 0.3) is 0 Å². The lowest BCUT2D eigenvalue weighted by atomic mass is 10.0. The molecule has 164 valence electrons. The number of ether oxygens (including phenoxy) is 2. The van der Waals surface area contributed by atoms with Crippen molar-refractivity contribution in [3.8, 4) is 11.5 Å². The Balaban J connectivity index is 1.45. The summed E-state index contributed by atoms with van der Waals surface area (Å²) in [5, 5.41) is 13.9. The van der Waals surface area contributed by atoms with Crippen LogP contribution in [0.4, 0.5) is 0 Å². The van der Waals surface area contributed by atoms with E-state index in [1.807, 2.05) is 30.3 Å². The van der Waals surface area contributed by atoms with E-state index in [-0.39, 0.29) is 0 Å². The minimum absolute atomic E-state index is 0.302. The topological polar surface area (TPSA) is 50.7 Å². The molecule has 30 heavy (non-hydrogen) atoms. The van der Waals surface area contributed by atoms with Crippen molar-refractivity contribution in [2.24, 2.45) is 0 Å². The van der Waals surface area contributed by atoms with E-state index in [0.29, 0.717) is 19.2 Å². The SMILES string of the molecule is CCCCCCOc1ccc2c(c1)CC(NC[C@H](O)COc1ccccc1)CCC2. The first kappa shape index (κ1) is 22.6. The molecule has 2 atom stereocenters. The Morgan fingerprint density at radius 1 is 1.00 bits per heavy atom. The zero-order chi connectivity index (χ0) is 21.0. The number of hydrogen-bond acceptors (Lipinski definition) is 4. The lowest BCUT2D eigenvalue weighted by Gasteiger charge is -2.20. The summed E-state index contributed by atoms with van der Waals surface area (Å²) >= 11 is 0. The predicted octanol–water partition coefficient (Wildman–Crippen LogP) is 4.92. The minimum atomic E-state index is -0.522. The average Bonchev–Trinajstić information content (AvgIpc) is 2.98. The summed E-state index contributed by atoms with van der Waals surface area (Å²) in [6, 6.07) is 16.6. The zero-order valence-electron chi connectivity index (χ0n) is 18.3. The van der Waals surface area contributed by atoms with Crippen LogP contribution in [0, 0.1) is 0 Å². The quantitative estimate of drug-likeness (QED) is 0.384. The van der Waals surface area contributed by atoms with Crippen molar-refractivity contribution in [2.45, 2.75) is 70.4 Å². The number of benzene rings is 2. The second-order valence-electron chi connectivity index (χ2n) is 8.32. The lowest BCUT2D eigenvalue weighted by molar-refractivity contribution is 0.103. The van der Waals surface area contributed by atoms with Gasteiger partial charge in [-0.05, 0) is 67.5 Å². The molecule has 0 aliphatic heterocycles. The van der Waals surface area contributed by atoms with Crippen LogP contribution in [0.15, 0.2) is 48.5 Å². The van der Waals surface area contributed by atoms with E-state index in [1.165, 1.54) is 36.8 Å². The van der Waals surface area contributed by atoms with Gasteiger partial charge in [-0.25, -0.2) is 0 Å². The third kappa shape index (κ3) is 7.66. The normalized spacial score (nSPS) is 17.1. The highest BCUT2D eigenvalue weighted by Gasteiger charge is 2.18. The first-order valence-electron chi connectivity index (χ1n) is 11.6. The summed E-state index contributed by atoms with van der Waals surface area (Å²) < 4.78 is 11.6. The number of unbranched alkanes of at least 4 members (excludes halogenated alkanes) is 3. The molecule has 2 aromatic carbocycles. The van der Waals surface area contributed by atoms with Gasteiger partial charge in [0.05, 0.1) is 6.61 Å². The van der Waals surface area contributed by atoms with Crippen molar-refractivity contribution >= 4 is 0 Å². The monoisotopic (exact) mass is 411 g/mol. The molecule has 4 nitrogen and oxygen atoms in total. The molecule has 3 rings (SSSR count). The molecule has 0 bridgehead atoms. The summed E-state index contributed by atoms with van der Waals surface area (Å²) in [5.41, 5.74) is 2.82. The van der Waals surface area contributed by atoms with Crippen molar-refractivity contribution < 1.29 is 14.6 Å². The zero-order valence-corrected chi connectivity index (χ0v) is 18.3. The van der Waals surface area contributed by atoms with Crippen molar-refractivity contribution in [1.82, 2.24) is 5.32 Å². The van der Waals surface area contributed by atoms with Gasteiger partial charge in [-0.2, -0.15) is 0 Å². The van der Waals surface area contributed by atoms with Crippen LogP contribution in [0.2, 0.25) is 0 Å². The molecule has 0 heterocycles. The third-order valence-corrected chi connectivity index (χ3v) is 5.74. The number of fused-ring (bicyclic) bond motifs is 1. The van der Waals surface area contributed by atoms with Crippen molar-refractivity contribution in [3.05, 3.63) is 59.7 Å². The summed E-state index contributed by atoms with van der Waals surface area (Å²) in [6.07, 6.45) is 8.75. The highest BCUT2D eigenvalue weighted by atomic mass is 16.5. The Labute approximate surface area is 181 Å². The third-order valence-electron chi connectivity index (χ3n) is 5.74. The van der Waals surface area contributed by atoms with Crippen LogP contribution in [0.5, 0.6) is 11.5 Å². The molecular weight excluding hydrogens is 374 g/mol. The first-order chi connectivity index (χ1) is 14.7. The molecule has 0 fully saturated rings. The molecule has 4 heteroatoms. The van der Waals surface area contributed by atoms with Crippen molar-refractivity contribution in [2.75, 3.05) is 19.8 Å². The smallest absolute Gasteiger partial charge is 0.119 e. The lowest BCUT2D eigenvalue weighted by Crippen LogP contribution is -2.39. The van der Waals surface area contributed by atoms with Gasteiger partial charge in [0.1, 0.15) is 24.2 Å². The molecular formula is C26H37NO3. The maximum atomic E-state index is 10.3. The molecule has 1 aliphatic rings. The number of hydrogen-bond donors (Lipinski definition) is 2. The summed E-state index contributed by atoms with van der Waals surface area (Å²) in [6.45, 7) is 3.87. The molecule has 1 unspecified atom stereocenters. The number of aliphatic hydroxyl groups excluding tert-OH is 1. The van der Waals surface area contributed by atoms with E-state index in [9.17, 15) is 5.11 Å². The van der Waals surface area contributed by atoms with Crippen LogP contribution in [0.25, 0.3) is 0 Å². The summed E-state index contributed by atoms with van der Waals surface area (Å²) in [7, 11) is 0. The predicted molar refractivity (Wildman–Crippen MR) is 122 cm³/mol.